The molecule has 1 heterocycles. The minimum absolute atomic E-state index is 0.199. The summed E-state index contributed by atoms with van der Waals surface area (Å²) in [6.45, 7) is 5.77. The van der Waals surface area contributed by atoms with Crippen LogP contribution in [0.25, 0.3) is 5.69 Å². The average molecular weight is 387 g/mol. The van der Waals surface area contributed by atoms with E-state index in [0.29, 0.717) is 16.5 Å². The van der Waals surface area contributed by atoms with Crippen LogP contribution >= 0.6 is 11.6 Å². The Hall–Kier alpha value is -2.93. The smallest absolute Gasteiger partial charge is 0.349 e. The summed E-state index contributed by atoms with van der Waals surface area (Å²) in [5.74, 6) is 0.773. The van der Waals surface area contributed by atoms with Gasteiger partial charge in [0.2, 0.25) is 0 Å². The Kier molecular flexibility index (Phi) is 5.71. The zero-order chi connectivity index (χ0) is 19.4. The van der Waals surface area contributed by atoms with Crippen LogP contribution in [0.5, 0.6) is 11.5 Å². The minimum atomic E-state index is -0.493. The predicted octanol–water partition coefficient (Wildman–Crippen LogP) is 3.73. The zero-order valence-corrected chi connectivity index (χ0v) is 16.0. The normalized spacial score (nSPS) is 10.9. The van der Waals surface area contributed by atoms with Gasteiger partial charge in [0.05, 0.1) is 5.69 Å². The molecule has 0 saturated carbocycles. The van der Waals surface area contributed by atoms with Crippen LogP contribution in [0, 0.1) is 6.92 Å². The SMILES string of the molecule is Cc1cc(OCC(=O)Oc2ccc(-n3cnnn3)cc2)c(C(C)C)cc1Cl. The maximum atomic E-state index is 12.1. The molecular weight excluding hydrogens is 368 g/mol. The van der Waals surface area contributed by atoms with Gasteiger partial charge in [0.25, 0.3) is 0 Å². The van der Waals surface area contributed by atoms with Crippen molar-refractivity contribution < 1.29 is 14.3 Å². The van der Waals surface area contributed by atoms with E-state index in [1.54, 1.807) is 24.3 Å². The first kappa shape index (κ1) is 18.8. The van der Waals surface area contributed by atoms with E-state index in [-0.39, 0.29) is 12.5 Å². The Balaban J connectivity index is 1.62. The quantitative estimate of drug-likeness (QED) is 0.474. The summed E-state index contributed by atoms with van der Waals surface area (Å²) < 4.78 is 12.5. The highest BCUT2D eigenvalue weighted by Crippen LogP contribution is 2.32. The van der Waals surface area contributed by atoms with E-state index in [4.69, 9.17) is 21.1 Å². The fourth-order valence-corrected chi connectivity index (χ4v) is 2.66. The van der Waals surface area contributed by atoms with E-state index in [9.17, 15) is 4.79 Å². The molecule has 0 saturated heterocycles. The lowest BCUT2D eigenvalue weighted by Gasteiger charge is -2.15. The summed E-state index contributed by atoms with van der Waals surface area (Å²) in [5.41, 5.74) is 2.60. The number of nitrogens with zero attached hydrogens (tertiary/aromatic N) is 4. The summed E-state index contributed by atoms with van der Waals surface area (Å²) in [4.78, 5) is 12.1. The van der Waals surface area contributed by atoms with Crippen LogP contribution in [0.15, 0.2) is 42.7 Å². The second kappa shape index (κ2) is 8.18. The Labute approximate surface area is 161 Å². The average Bonchev–Trinajstić information content (AvgIpc) is 3.17. The third-order valence-electron chi connectivity index (χ3n) is 3.94. The lowest BCUT2D eigenvalue weighted by atomic mass is 10.0. The van der Waals surface area contributed by atoms with Crippen molar-refractivity contribution in [2.24, 2.45) is 0 Å². The minimum Gasteiger partial charge on any atom is -0.482 e. The van der Waals surface area contributed by atoms with Crippen LogP contribution in [0.3, 0.4) is 0 Å². The van der Waals surface area contributed by atoms with Crippen molar-refractivity contribution in [2.45, 2.75) is 26.7 Å². The van der Waals surface area contributed by atoms with E-state index in [0.717, 1.165) is 16.8 Å². The number of halogens is 1. The van der Waals surface area contributed by atoms with Crippen LogP contribution < -0.4 is 9.47 Å². The van der Waals surface area contributed by atoms with E-state index in [1.165, 1.54) is 11.0 Å². The molecular formula is C19H19ClN4O3. The van der Waals surface area contributed by atoms with Gasteiger partial charge in [0.15, 0.2) is 6.61 Å². The van der Waals surface area contributed by atoms with Gasteiger partial charge < -0.3 is 9.47 Å². The Morgan fingerprint density at radius 3 is 2.59 bits per heavy atom. The molecule has 0 unspecified atom stereocenters. The number of aromatic nitrogens is 4. The Bertz CT molecular complexity index is 925. The molecule has 0 fully saturated rings. The molecule has 3 aromatic rings. The van der Waals surface area contributed by atoms with E-state index in [1.807, 2.05) is 32.9 Å². The van der Waals surface area contributed by atoms with Gasteiger partial charge in [-0.25, -0.2) is 9.48 Å². The summed E-state index contributed by atoms with van der Waals surface area (Å²) in [6, 6.07) is 10.5. The number of benzene rings is 2. The van der Waals surface area contributed by atoms with Crippen LogP contribution in [0.2, 0.25) is 5.02 Å². The first-order valence-electron chi connectivity index (χ1n) is 8.41. The molecule has 27 heavy (non-hydrogen) atoms. The Morgan fingerprint density at radius 2 is 1.96 bits per heavy atom. The lowest BCUT2D eigenvalue weighted by Crippen LogP contribution is -2.18. The number of rotatable bonds is 6. The molecule has 7 nitrogen and oxygen atoms in total. The number of carbonyl (C=O) groups excluding carboxylic acids is 1. The van der Waals surface area contributed by atoms with E-state index >= 15 is 0 Å². The molecule has 0 atom stereocenters. The van der Waals surface area contributed by atoms with E-state index < -0.39 is 5.97 Å². The molecule has 0 radical (unpaired) electrons. The number of hydrogen-bond donors (Lipinski definition) is 0. The number of aryl methyl sites for hydroxylation is 1. The first-order chi connectivity index (χ1) is 12.9. The second-order valence-electron chi connectivity index (χ2n) is 6.30. The number of ether oxygens (including phenoxy) is 2. The van der Waals surface area contributed by atoms with Crippen molar-refractivity contribution in [3.63, 3.8) is 0 Å². The summed E-state index contributed by atoms with van der Waals surface area (Å²) in [6.07, 6.45) is 1.48. The second-order valence-corrected chi connectivity index (χ2v) is 6.71. The van der Waals surface area contributed by atoms with Gasteiger partial charge in [-0.05, 0) is 70.8 Å². The van der Waals surface area contributed by atoms with Crippen molar-refractivity contribution in [2.75, 3.05) is 6.61 Å². The fraction of sp³-hybridized carbons (Fsp3) is 0.263. The highest BCUT2D eigenvalue weighted by molar-refractivity contribution is 6.31. The molecule has 0 spiro atoms. The molecule has 1 aromatic heterocycles. The van der Waals surface area contributed by atoms with Gasteiger partial charge in [-0.3, -0.25) is 0 Å². The number of carbonyl (C=O) groups is 1. The van der Waals surface area contributed by atoms with Crippen LogP contribution in [0.4, 0.5) is 0 Å². The number of hydrogen-bond acceptors (Lipinski definition) is 6. The topological polar surface area (TPSA) is 79.1 Å². The first-order valence-corrected chi connectivity index (χ1v) is 8.79. The highest BCUT2D eigenvalue weighted by Gasteiger charge is 2.13. The summed E-state index contributed by atoms with van der Waals surface area (Å²) in [5, 5.41) is 11.6. The van der Waals surface area contributed by atoms with Crippen LogP contribution in [-0.4, -0.2) is 32.8 Å². The molecule has 8 heteroatoms. The molecule has 0 N–H and O–H groups in total. The maximum absolute atomic E-state index is 12.1. The van der Waals surface area contributed by atoms with Gasteiger partial charge >= 0.3 is 5.97 Å². The van der Waals surface area contributed by atoms with E-state index in [2.05, 4.69) is 15.5 Å². The van der Waals surface area contributed by atoms with Gasteiger partial charge in [-0.2, -0.15) is 0 Å². The summed E-state index contributed by atoms with van der Waals surface area (Å²) in [7, 11) is 0. The Morgan fingerprint density at radius 1 is 1.22 bits per heavy atom. The van der Waals surface area contributed by atoms with Gasteiger partial charge in [-0.15, -0.1) is 5.10 Å². The maximum Gasteiger partial charge on any atom is 0.349 e. The van der Waals surface area contributed by atoms with Crippen molar-refractivity contribution in [3.8, 4) is 17.2 Å². The van der Waals surface area contributed by atoms with Gasteiger partial charge in [0, 0.05) is 5.02 Å². The third-order valence-corrected chi connectivity index (χ3v) is 4.35. The lowest BCUT2D eigenvalue weighted by molar-refractivity contribution is -0.136. The van der Waals surface area contributed by atoms with Crippen molar-refractivity contribution >= 4 is 17.6 Å². The molecule has 0 aliphatic carbocycles. The van der Waals surface area contributed by atoms with Crippen LogP contribution in [-0.2, 0) is 4.79 Å². The summed E-state index contributed by atoms with van der Waals surface area (Å²) >= 11 is 6.19. The molecule has 3 rings (SSSR count). The molecule has 0 bridgehead atoms. The van der Waals surface area contributed by atoms with Crippen molar-refractivity contribution in [1.29, 1.82) is 0 Å². The highest BCUT2D eigenvalue weighted by atomic mass is 35.5. The third kappa shape index (κ3) is 4.62. The molecule has 0 aliphatic heterocycles. The standard InChI is InChI=1S/C19H19ClN4O3/c1-12(2)16-9-17(20)13(3)8-18(16)26-10-19(25)27-15-6-4-14(5-7-15)24-11-21-22-23-24/h4-9,11-12H,10H2,1-3H3. The molecule has 0 amide bonds. The number of tetrazole rings is 1. The molecule has 2 aromatic carbocycles. The molecule has 140 valence electrons. The number of esters is 1. The van der Waals surface area contributed by atoms with Crippen molar-refractivity contribution in [1.82, 2.24) is 20.2 Å². The van der Waals surface area contributed by atoms with Gasteiger partial charge in [-0.1, -0.05) is 25.4 Å². The fourth-order valence-electron chi connectivity index (χ4n) is 2.49. The van der Waals surface area contributed by atoms with Crippen LogP contribution in [0.1, 0.15) is 30.9 Å². The zero-order valence-electron chi connectivity index (χ0n) is 15.2. The van der Waals surface area contributed by atoms with Crippen molar-refractivity contribution in [3.05, 3.63) is 58.9 Å². The largest absolute Gasteiger partial charge is 0.482 e. The molecule has 0 aliphatic rings. The predicted molar refractivity (Wildman–Crippen MR) is 101 cm³/mol. The monoisotopic (exact) mass is 386 g/mol. The van der Waals surface area contributed by atoms with Gasteiger partial charge in [0.1, 0.15) is 17.8 Å².